The molecule has 0 bridgehead atoms. The molecule has 0 aromatic carbocycles. The summed E-state index contributed by atoms with van der Waals surface area (Å²) < 4.78 is 1.88. The average molecular weight is 250 g/mol. The molecule has 0 saturated carbocycles. The minimum atomic E-state index is 0.206. The topological polar surface area (TPSA) is 50.2 Å². The molecule has 2 rings (SSSR count). The van der Waals surface area contributed by atoms with Gasteiger partial charge in [-0.25, -0.2) is 4.98 Å². The Balaban J connectivity index is 1.80. The molecule has 1 saturated heterocycles. The summed E-state index contributed by atoms with van der Waals surface area (Å²) >= 11 is 0. The van der Waals surface area contributed by atoms with Gasteiger partial charge < -0.3 is 14.8 Å². The molecule has 1 N–H and O–H groups in total. The fraction of sp³-hybridized carbons (Fsp3) is 0.692. The monoisotopic (exact) mass is 250 g/mol. The quantitative estimate of drug-likeness (QED) is 0.766. The highest BCUT2D eigenvalue weighted by atomic mass is 16.2. The number of rotatable bonds is 6. The van der Waals surface area contributed by atoms with Gasteiger partial charge >= 0.3 is 0 Å². The van der Waals surface area contributed by atoms with Crippen LogP contribution in [0.15, 0.2) is 12.5 Å². The Morgan fingerprint density at radius 1 is 1.44 bits per heavy atom. The van der Waals surface area contributed by atoms with Gasteiger partial charge in [0.1, 0.15) is 6.54 Å². The lowest BCUT2D eigenvalue weighted by Gasteiger charge is -2.14. The minimum Gasteiger partial charge on any atom is -0.341 e. The summed E-state index contributed by atoms with van der Waals surface area (Å²) in [5.74, 6) is 0.206. The Morgan fingerprint density at radius 2 is 2.22 bits per heavy atom. The molecule has 0 unspecified atom stereocenters. The van der Waals surface area contributed by atoms with Gasteiger partial charge in [-0.05, 0) is 25.8 Å². The summed E-state index contributed by atoms with van der Waals surface area (Å²) in [7, 11) is 0. The average Bonchev–Trinajstić information content (AvgIpc) is 3.00. The number of hydrogen-bond acceptors (Lipinski definition) is 3. The Morgan fingerprint density at radius 3 is 2.94 bits per heavy atom. The normalized spacial score (nSPS) is 15.3. The summed E-state index contributed by atoms with van der Waals surface area (Å²) in [6.07, 6.45) is 7.10. The van der Waals surface area contributed by atoms with Gasteiger partial charge in [0, 0.05) is 25.8 Å². The number of imidazole rings is 1. The number of amides is 1. The van der Waals surface area contributed by atoms with E-state index in [-0.39, 0.29) is 5.91 Å². The number of nitrogens with one attached hydrogen (secondary N) is 1. The van der Waals surface area contributed by atoms with Crippen molar-refractivity contribution in [3.63, 3.8) is 0 Å². The molecule has 0 atom stereocenters. The zero-order chi connectivity index (χ0) is 12.8. The molecule has 0 radical (unpaired) electrons. The highest BCUT2D eigenvalue weighted by molar-refractivity contribution is 5.76. The van der Waals surface area contributed by atoms with Gasteiger partial charge in [-0.15, -0.1) is 0 Å². The van der Waals surface area contributed by atoms with Gasteiger partial charge in [-0.2, -0.15) is 0 Å². The van der Waals surface area contributed by atoms with Crippen LogP contribution in [0.1, 0.15) is 31.9 Å². The first-order valence-electron chi connectivity index (χ1n) is 6.78. The van der Waals surface area contributed by atoms with E-state index in [9.17, 15) is 4.79 Å². The Labute approximate surface area is 108 Å². The lowest BCUT2D eigenvalue weighted by atomic mass is 10.4. The minimum absolute atomic E-state index is 0.206. The fourth-order valence-electron chi connectivity index (χ4n) is 2.20. The van der Waals surface area contributed by atoms with Crippen LogP contribution in [0.3, 0.4) is 0 Å². The molecule has 5 heteroatoms. The van der Waals surface area contributed by atoms with Crippen LogP contribution in [-0.2, 0) is 17.9 Å². The van der Waals surface area contributed by atoms with Crippen molar-refractivity contribution in [2.75, 3.05) is 19.6 Å². The third-order valence-electron chi connectivity index (χ3n) is 3.20. The predicted octanol–water partition coefficient (Wildman–Crippen LogP) is 1.01. The highest BCUT2D eigenvalue weighted by Gasteiger charge is 2.17. The van der Waals surface area contributed by atoms with Gasteiger partial charge in [0.05, 0.1) is 12.0 Å². The van der Waals surface area contributed by atoms with Crippen molar-refractivity contribution in [1.82, 2.24) is 19.8 Å². The van der Waals surface area contributed by atoms with Gasteiger partial charge in [-0.3, -0.25) is 4.79 Å². The standard InChI is InChI=1S/C13H22N4O/c1-2-5-14-8-12-9-16(11-15-12)10-13(18)17-6-3-4-7-17/h9,11,14H,2-8,10H2,1H3. The van der Waals surface area contributed by atoms with E-state index in [0.717, 1.165) is 51.1 Å². The van der Waals surface area contributed by atoms with E-state index in [1.807, 2.05) is 15.7 Å². The van der Waals surface area contributed by atoms with E-state index in [4.69, 9.17) is 0 Å². The van der Waals surface area contributed by atoms with Crippen molar-refractivity contribution in [3.05, 3.63) is 18.2 Å². The van der Waals surface area contributed by atoms with E-state index >= 15 is 0 Å². The Kier molecular flexibility index (Phi) is 4.75. The highest BCUT2D eigenvalue weighted by Crippen LogP contribution is 2.08. The van der Waals surface area contributed by atoms with Crippen molar-refractivity contribution < 1.29 is 4.79 Å². The molecule has 100 valence electrons. The van der Waals surface area contributed by atoms with Gasteiger partial charge in [-0.1, -0.05) is 6.92 Å². The number of aromatic nitrogens is 2. The first kappa shape index (κ1) is 13.1. The Bertz CT molecular complexity index is 382. The maximum atomic E-state index is 11.9. The van der Waals surface area contributed by atoms with Crippen molar-refractivity contribution in [2.24, 2.45) is 0 Å². The molecule has 1 aromatic rings. The number of likely N-dealkylation sites (tertiary alicyclic amines) is 1. The zero-order valence-corrected chi connectivity index (χ0v) is 11.1. The van der Waals surface area contributed by atoms with Crippen molar-refractivity contribution in [2.45, 2.75) is 39.3 Å². The van der Waals surface area contributed by atoms with Crippen LogP contribution in [0.2, 0.25) is 0 Å². The third kappa shape index (κ3) is 3.57. The van der Waals surface area contributed by atoms with Crippen LogP contribution in [-0.4, -0.2) is 40.0 Å². The van der Waals surface area contributed by atoms with E-state index in [2.05, 4.69) is 17.2 Å². The van der Waals surface area contributed by atoms with E-state index in [0.29, 0.717) is 6.54 Å². The van der Waals surface area contributed by atoms with Crippen LogP contribution in [0.4, 0.5) is 0 Å². The fourth-order valence-corrected chi connectivity index (χ4v) is 2.20. The van der Waals surface area contributed by atoms with Gasteiger partial charge in [0.2, 0.25) is 5.91 Å². The molecule has 1 aliphatic rings. The predicted molar refractivity (Wildman–Crippen MR) is 70.0 cm³/mol. The molecule has 0 spiro atoms. The second-order valence-corrected chi connectivity index (χ2v) is 4.80. The lowest BCUT2D eigenvalue weighted by molar-refractivity contribution is -0.130. The van der Waals surface area contributed by atoms with E-state index in [1.165, 1.54) is 0 Å². The van der Waals surface area contributed by atoms with E-state index in [1.54, 1.807) is 6.33 Å². The van der Waals surface area contributed by atoms with Crippen LogP contribution >= 0.6 is 0 Å². The van der Waals surface area contributed by atoms with Crippen molar-refractivity contribution >= 4 is 5.91 Å². The number of carbonyl (C=O) groups excluding carboxylic acids is 1. The van der Waals surface area contributed by atoms with Crippen LogP contribution in [0, 0.1) is 0 Å². The maximum Gasteiger partial charge on any atom is 0.242 e. The lowest BCUT2D eigenvalue weighted by Crippen LogP contribution is -2.30. The summed E-state index contributed by atoms with van der Waals surface area (Å²) in [4.78, 5) is 18.2. The summed E-state index contributed by atoms with van der Waals surface area (Å²) in [5.41, 5.74) is 0.998. The molecule has 18 heavy (non-hydrogen) atoms. The molecule has 5 nitrogen and oxygen atoms in total. The summed E-state index contributed by atoms with van der Waals surface area (Å²) in [5, 5.41) is 3.30. The summed E-state index contributed by atoms with van der Waals surface area (Å²) in [6, 6.07) is 0. The van der Waals surface area contributed by atoms with E-state index < -0.39 is 0 Å². The number of nitrogens with zero attached hydrogens (tertiary/aromatic N) is 3. The van der Waals surface area contributed by atoms with Crippen LogP contribution in [0.25, 0.3) is 0 Å². The second-order valence-electron chi connectivity index (χ2n) is 4.80. The van der Waals surface area contributed by atoms with Crippen molar-refractivity contribution in [1.29, 1.82) is 0 Å². The molecule has 1 aromatic heterocycles. The molecule has 1 fully saturated rings. The zero-order valence-electron chi connectivity index (χ0n) is 11.1. The molecule has 0 aliphatic carbocycles. The smallest absolute Gasteiger partial charge is 0.242 e. The number of hydrogen-bond donors (Lipinski definition) is 1. The van der Waals surface area contributed by atoms with Crippen molar-refractivity contribution in [3.8, 4) is 0 Å². The largest absolute Gasteiger partial charge is 0.341 e. The molecule has 1 aliphatic heterocycles. The molecule has 2 heterocycles. The third-order valence-corrected chi connectivity index (χ3v) is 3.20. The summed E-state index contributed by atoms with van der Waals surface area (Å²) in [6.45, 7) is 6.16. The molecule has 1 amide bonds. The van der Waals surface area contributed by atoms with Crippen LogP contribution < -0.4 is 5.32 Å². The molecular weight excluding hydrogens is 228 g/mol. The first-order valence-corrected chi connectivity index (χ1v) is 6.78. The van der Waals surface area contributed by atoms with Gasteiger partial charge in [0.25, 0.3) is 0 Å². The Hall–Kier alpha value is -1.36. The van der Waals surface area contributed by atoms with Crippen LogP contribution in [0.5, 0.6) is 0 Å². The number of carbonyl (C=O) groups is 1. The first-order chi connectivity index (χ1) is 8.79. The van der Waals surface area contributed by atoms with Gasteiger partial charge in [0.15, 0.2) is 0 Å². The second kappa shape index (κ2) is 6.54. The molecular formula is C13H22N4O. The SMILES string of the molecule is CCCNCc1cn(CC(=O)N2CCCC2)cn1. The maximum absolute atomic E-state index is 11.9.